The minimum atomic E-state index is 0.559. The van der Waals surface area contributed by atoms with Gasteiger partial charge in [0, 0.05) is 0 Å². The van der Waals surface area contributed by atoms with Crippen molar-refractivity contribution < 1.29 is 0 Å². The summed E-state index contributed by atoms with van der Waals surface area (Å²) in [6, 6.07) is 0. The summed E-state index contributed by atoms with van der Waals surface area (Å²) in [6.07, 6.45) is 54.5. The Kier molecular flexibility index (Phi) is 21.4. The molecule has 0 saturated heterocycles. The van der Waals surface area contributed by atoms with Gasteiger partial charge in [0.25, 0.3) is 0 Å². The Hall–Kier alpha value is 0. The lowest BCUT2D eigenvalue weighted by Gasteiger charge is -2.62. The van der Waals surface area contributed by atoms with Crippen LogP contribution in [0.5, 0.6) is 0 Å². The van der Waals surface area contributed by atoms with Crippen molar-refractivity contribution in [2.24, 2.45) is 209 Å². The third-order valence-corrected chi connectivity index (χ3v) is 35.5. The molecule has 0 nitrogen and oxygen atoms in total. The fourth-order valence-corrected chi connectivity index (χ4v) is 31.5. The SMILES string of the molecule is CC.CC(C)(C)C12CC3CC(CC(C3)C1)C2.CC(C)(C)C1CC2CC1C1C3CCC(C3)C21.CC(C)(C)C1CC2CC1C1CCCC21.CC(C)(C)C1CC2CC1C1CCCCC21.CC(C)(C)C1CC2CCC1C2.CC(C)(C)C1CCCCC1.CC1(C)C2CC3CC(C2)C1C3. The molecule has 0 N–H and O–H groups in total. The predicted molar refractivity (Wildman–Crippen MR) is 404 cm³/mol. The highest BCUT2D eigenvalue weighted by Crippen LogP contribution is 2.72. The summed E-state index contributed by atoms with van der Waals surface area (Å²) in [5.41, 5.74) is 4.89. The molecular formula is C93H164. The molecule has 24 atom stereocenters. The molecule has 21 rings (SSSR count). The monoisotopic (exact) mass is 1280 g/mol. The standard InChI is InChI=1S/C16H26.C15H26.2C14H24.C11H18.C11H20.C10H20.C2H6/c1-16(2,3)13-8-11-7-12(13)15-10-5-4-9(6-10)14(11)15;1-15(2,3)14-9-10-8-13(14)12-7-5-4-6-11(10)12;1-13(2,3)14-7-10-4-11(8-14)6-12(5-10)9-14;1-14(2,3)13-8-9-7-12(13)11-6-4-5-10(9)11;1-11(2)9-4-7-3-8(6-9)10(11)5-7;1-11(2,3)10-7-8-4-5-9(10)6-8;1-10(2,3)9-7-5-4-6-8-9;1-2/h9-15H,4-8H2,1-3H3;10-14H,4-9H2,1-3H3;10-12H,4-9H2,1-3H3;9-13H,4-8H2,1-3H3;7-10H,3-6H2,1-2H3;8-10H,4-7H2,1-3H3;9H,4-8H2,1-3H3;1-2H3. The maximum atomic E-state index is 2.52. The lowest BCUT2D eigenvalue weighted by Crippen LogP contribution is -2.51. The summed E-state index contributed by atoms with van der Waals surface area (Å²) in [6.45, 7) is 53.1. The van der Waals surface area contributed by atoms with E-state index in [1.165, 1.54) is 87.9 Å². The van der Waals surface area contributed by atoms with Crippen molar-refractivity contribution in [3.05, 3.63) is 0 Å². The van der Waals surface area contributed by atoms with Gasteiger partial charge in [-0.3, -0.25) is 0 Å². The van der Waals surface area contributed by atoms with Crippen LogP contribution in [0.15, 0.2) is 0 Å². The number of rotatable bonds is 0. The van der Waals surface area contributed by atoms with E-state index in [2.05, 4.69) is 138 Å². The highest BCUT2D eigenvalue weighted by atomic mass is 14.7. The molecule has 0 radical (unpaired) electrons. The maximum absolute atomic E-state index is 2.52. The van der Waals surface area contributed by atoms with E-state index in [0.717, 1.165) is 153 Å². The molecule has 0 heterocycles. The van der Waals surface area contributed by atoms with Crippen LogP contribution in [0.2, 0.25) is 0 Å². The average Bonchev–Trinajstić information content (AvgIpc) is 1.48. The molecule has 18 bridgehead atoms. The second-order valence-electron chi connectivity index (χ2n) is 46.5. The van der Waals surface area contributed by atoms with E-state index < -0.39 is 0 Å². The van der Waals surface area contributed by atoms with Crippen molar-refractivity contribution in [1.82, 2.24) is 0 Å². The van der Waals surface area contributed by atoms with Gasteiger partial charge in [-0.2, -0.15) is 0 Å². The molecule has 24 unspecified atom stereocenters. The molecule has 0 heteroatoms. The van der Waals surface area contributed by atoms with Gasteiger partial charge < -0.3 is 0 Å². The Morgan fingerprint density at radius 1 is 0.258 bits per heavy atom. The van der Waals surface area contributed by atoms with Crippen LogP contribution in [0.1, 0.15) is 377 Å². The van der Waals surface area contributed by atoms with E-state index >= 15 is 0 Å². The first-order valence-electron chi connectivity index (χ1n) is 43.5. The normalized spacial score (nSPS) is 47.9. The minimum Gasteiger partial charge on any atom is -0.0683 e. The van der Waals surface area contributed by atoms with Gasteiger partial charge in [0.15, 0.2) is 0 Å². The minimum absolute atomic E-state index is 0.559. The summed E-state index contributed by atoms with van der Waals surface area (Å²) in [5.74, 6) is 31.3. The molecule has 93 heavy (non-hydrogen) atoms. The van der Waals surface area contributed by atoms with E-state index in [-0.39, 0.29) is 0 Å². The van der Waals surface area contributed by atoms with Crippen molar-refractivity contribution >= 4 is 0 Å². The first-order chi connectivity index (χ1) is 43.5. The summed E-state index contributed by atoms with van der Waals surface area (Å²) in [5, 5.41) is 0. The fraction of sp³-hybridized carbons (Fsp3) is 1.00. The lowest BCUT2D eigenvalue weighted by molar-refractivity contribution is -0.113. The van der Waals surface area contributed by atoms with Crippen LogP contribution in [0.25, 0.3) is 0 Å². The molecule has 0 aliphatic heterocycles. The second-order valence-corrected chi connectivity index (χ2v) is 46.5. The van der Waals surface area contributed by atoms with E-state index in [9.17, 15) is 0 Å². The lowest BCUT2D eigenvalue weighted by atomic mass is 9.43. The third-order valence-electron chi connectivity index (χ3n) is 35.5. The largest absolute Gasteiger partial charge is 0.0683 e. The Balaban J connectivity index is 0.000000104. The van der Waals surface area contributed by atoms with Gasteiger partial charge in [-0.15, -0.1) is 0 Å². The molecular weight excluding hydrogens is 1120 g/mol. The quantitative estimate of drug-likeness (QED) is 0.212. The van der Waals surface area contributed by atoms with Gasteiger partial charge in [0.05, 0.1) is 0 Å². The zero-order valence-electron chi connectivity index (χ0n) is 66.9. The van der Waals surface area contributed by atoms with Crippen LogP contribution >= 0.6 is 0 Å². The third kappa shape index (κ3) is 14.7. The first kappa shape index (κ1) is 72.8. The summed E-state index contributed by atoms with van der Waals surface area (Å²) >= 11 is 0. The molecule has 0 aromatic heterocycles. The van der Waals surface area contributed by atoms with Crippen molar-refractivity contribution in [2.75, 3.05) is 0 Å². The van der Waals surface area contributed by atoms with Crippen LogP contribution < -0.4 is 0 Å². The molecule has 21 saturated carbocycles. The van der Waals surface area contributed by atoms with Gasteiger partial charge >= 0.3 is 0 Å². The van der Waals surface area contributed by atoms with Crippen LogP contribution in [0, 0.1) is 209 Å². The van der Waals surface area contributed by atoms with Gasteiger partial charge in [-0.05, 0) is 389 Å². The fourth-order valence-electron chi connectivity index (χ4n) is 31.5. The topological polar surface area (TPSA) is 0 Å². The Morgan fingerprint density at radius 2 is 0.699 bits per heavy atom. The highest BCUT2D eigenvalue weighted by Gasteiger charge is 2.64. The summed E-state index contributed by atoms with van der Waals surface area (Å²) in [7, 11) is 0. The maximum Gasteiger partial charge on any atom is -0.0241 e. The van der Waals surface area contributed by atoms with Crippen molar-refractivity contribution in [2.45, 2.75) is 377 Å². The molecule has 0 spiro atoms. The van der Waals surface area contributed by atoms with Crippen LogP contribution in [-0.2, 0) is 0 Å². The van der Waals surface area contributed by atoms with Gasteiger partial charge in [-0.25, -0.2) is 0 Å². The molecule has 21 aliphatic carbocycles. The van der Waals surface area contributed by atoms with E-state index in [0.29, 0.717) is 32.5 Å². The van der Waals surface area contributed by atoms with E-state index in [4.69, 9.17) is 0 Å². The van der Waals surface area contributed by atoms with Crippen LogP contribution in [0.4, 0.5) is 0 Å². The van der Waals surface area contributed by atoms with Gasteiger partial charge in [0.2, 0.25) is 0 Å². The van der Waals surface area contributed by atoms with Gasteiger partial charge in [0.1, 0.15) is 0 Å². The van der Waals surface area contributed by atoms with E-state index in [1.54, 1.807) is 161 Å². The van der Waals surface area contributed by atoms with Gasteiger partial charge in [-0.1, -0.05) is 197 Å². The highest BCUT2D eigenvalue weighted by molar-refractivity contribution is 5.13. The average molecular weight is 1280 g/mol. The molecule has 0 aromatic rings. The molecule has 21 aliphatic rings. The number of hydrogen-bond donors (Lipinski definition) is 0. The summed E-state index contributed by atoms with van der Waals surface area (Å²) < 4.78 is 0. The van der Waals surface area contributed by atoms with Crippen molar-refractivity contribution in [3.63, 3.8) is 0 Å². The zero-order chi connectivity index (χ0) is 66.9. The second kappa shape index (κ2) is 27.3. The van der Waals surface area contributed by atoms with Crippen molar-refractivity contribution in [3.8, 4) is 0 Å². The number of fused-ring (bicyclic) bond motifs is 21. The Morgan fingerprint density at radius 3 is 1.14 bits per heavy atom. The smallest absolute Gasteiger partial charge is 0.0241 e. The summed E-state index contributed by atoms with van der Waals surface area (Å²) in [4.78, 5) is 0. The predicted octanol–water partition coefficient (Wildman–Crippen LogP) is 28.4. The first-order valence-corrected chi connectivity index (χ1v) is 43.5. The molecule has 0 aromatic carbocycles. The number of hydrogen-bond acceptors (Lipinski definition) is 0. The Labute approximate surface area is 582 Å². The molecule has 0 amide bonds. The Bertz CT molecular complexity index is 2350. The zero-order valence-corrected chi connectivity index (χ0v) is 66.9. The molecule has 536 valence electrons. The van der Waals surface area contributed by atoms with E-state index in [1.807, 2.05) is 13.8 Å². The van der Waals surface area contributed by atoms with Crippen LogP contribution in [-0.4, -0.2) is 0 Å². The molecule has 21 fully saturated rings. The van der Waals surface area contributed by atoms with Crippen LogP contribution in [0.3, 0.4) is 0 Å². The van der Waals surface area contributed by atoms with Crippen molar-refractivity contribution in [1.29, 1.82) is 0 Å².